The van der Waals surface area contributed by atoms with Crippen molar-refractivity contribution in [2.75, 3.05) is 17.4 Å². The minimum atomic E-state index is -3.01. The van der Waals surface area contributed by atoms with Gasteiger partial charge in [-0.2, -0.15) is 0 Å². The molecule has 0 aromatic carbocycles. The van der Waals surface area contributed by atoms with E-state index < -0.39 is 15.2 Å². The lowest BCUT2D eigenvalue weighted by Gasteiger charge is -2.07. The van der Waals surface area contributed by atoms with Crippen LogP contribution in [0.3, 0.4) is 0 Å². The van der Waals surface area contributed by atoms with Crippen LogP contribution in [0, 0.1) is 0 Å². The smallest absolute Gasteiger partial charge is 0.151 e. The van der Waals surface area contributed by atoms with Crippen molar-refractivity contribution in [3.8, 4) is 0 Å². The molecule has 0 heterocycles. The van der Waals surface area contributed by atoms with E-state index in [0.717, 1.165) is 19.3 Å². The zero-order chi connectivity index (χ0) is 13.9. The molecule has 0 bridgehead atoms. The molecule has 0 aliphatic heterocycles. The second-order valence-corrected chi connectivity index (χ2v) is 8.00. The molecule has 18 heavy (non-hydrogen) atoms. The van der Waals surface area contributed by atoms with Gasteiger partial charge in [-0.25, -0.2) is 8.42 Å². The predicted molar refractivity (Wildman–Crippen MR) is 81.6 cm³/mol. The van der Waals surface area contributed by atoms with Crippen LogP contribution in [0.4, 0.5) is 0 Å². The molecule has 0 aromatic rings. The van der Waals surface area contributed by atoms with Gasteiger partial charge in [0, 0.05) is 5.88 Å². The van der Waals surface area contributed by atoms with Crippen molar-refractivity contribution < 1.29 is 8.42 Å². The topological polar surface area (TPSA) is 34.1 Å². The van der Waals surface area contributed by atoms with E-state index >= 15 is 0 Å². The Balaban J connectivity index is 3.47. The van der Waals surface area contributed by atoms with Gasteiger partial charge in [0.05, 0.1) is 16.9 Å². The third-order valence-electron chi connectivity index (χ3n) is 2.91. The molecule has 2 nitrogen and oxygen atoms in total. The molecule has 0 N–H and O–H groups in total. The first-order valence-corrected chi connectivity index (χ1v) is 9.71. The van der Waals surface area contributed by atoms with Gasteiger partial charge in [-0.15, -0.1) is 23.2 Å². The van der Waals surface area contributed by atoms with E-state index in [-0.39, 0.29) is 17.4 Å². The molecule has 0 saturated carbocycles. The van der Waals surface area contributed by atoms with E-state index in [0.29, 0.717) is 0 Å². The second-order valence-electron chi connectivity index (χ2n) is 4.84. The van der Waals surface area contributed by atoms with Crippen molar-refractivity contribution in [2.24, 2.45) is 0 Å². The van der Waals surface area contributed by atoms with E-state index in [1.807, 2.05) is 0 Å². The van der Waals surface area contributed by atoms with Crippen LogP contribution in [0.15, 0.2) is 0 Å². The largest absolute Gasteiger partial charge is 0.229 e. The molecular formula is C13H26Cl2O2S. The van der Waals surface area contributed by atoms with Gasteiger partial charge in [-0.05, 0) is 6.42 Å². The summed E-state index contributed by atoms with van der Waals surface area (Å²) in [6.45, 7) is 2.20. The van der Waals surface area contributed by atoms with Gasteiger partial charge in [0.25, 0.3) is 0 Å². The SMILES string of the molecule is CCCCCCCCCCS(=O)(=O)C[C@H](Cl)CCl. The average molecular weight is 317 g/mol. The summed E-state index contributed by atoms with van der Waals surface area (Å²) in [6, 6.07) is 0. The van der Waals surface area contributed by atoms with E-state index in [9.17, 15) is 8.42 Å². The van der Waals surface area contributed by atoms with Crippen LogP contribution in [-0.4, -0.2) is 31.2 Å². The van der Waals surface area contributed by atoms with Crippen molar-refractivity contribution in [1.82, 2.24) is 0 Å². The molecule has 0 spiro atoms. The lowest BCUT2D eigenvalue weighted by atomic mass is 10.1. The molecule has 0 saturated heterocycles. The highest BCUT2D eigenvalue weighted by Crippen LogP contribution is 2.11. The molecule has 1 atom stereocenters. The van der Waals surface area contributed by atoms with Crippen molar-refractivity contribution in [2.45, 2.75) is 63.7 Å². The Hall–Kier alpha value is 0.530. The Bertz CT molecular complexity index is 279. The van der Waals surface area contributed by atoms with Crippen LogP contribution in [0.1, 0.15) is 58.3 Å². The molecule has 0 aliphatic rings. The van der Waals surface area contributed by atoms with E-state index in [4.69, 9.17) is 23.2 Å². The number of hydrogen-bond acceptors (Lipinski definition) is 2. The standard InChI is InChI=1S/C13H26Cl2O2S/c1-2-3-4-5-6-7-8-9-10-18(16,17)12-13(15)11-14/h13H,2-12H2,1H3/t13-/m1/s1. The van der Waals surface area contributed by atoms with Crippen LogP contribution < -0.4 is 0 Å². The third kappa shape index (κ3) is 11.6. The summed E-state index contributed by atoms with van der Waals surface area (Å²) < 4.78 is 23.3. The summed E-state index contributed by atoms with van der Waals surface area (Å²) in [6.07, 6.45) is 9.26. The van der Waals surface area contributed by atoms with E-state index in [1.54, 1.807) is 0 Å². The van der Waals surface area contributed by atoms with Crippen LogP contribution in [0.5, 0.6) is 0 Å². The second kappa shape index (κ2) is 11.4. The molecule has 0 rings (SSSR count). The fraction of sp³-hybridized carbons (Fsp3) is 1.00. The van der Waals surface area contributed by atoms with Crippen LogP contribution in [0.25, 0.3) is 0 Å². The Morgan fingerprint density at radius 3 is 1.94 bits per heavy atom. The van der Waals surface area contributed by atoms with E-state index in [2.05, 4.69) is 6.92 Å². The van der Waals surface area contributed by atoms with Gasteiger partial charge in [0.1, 0.15) is 0 Å². The maximum Gasteiger partial charge on any atom is 0.151 e. The molecule has 110 valence electrons. The zero-order valence-corrected chi connectivity index (χ0v) is 13.7. The summed E-state index contributed by atoms with van der Waals surface area (Å²) in [7, 11) is -3.01. The van der Waals surface area contributed by atoms with Gasteiger partial charge < -0.3 is 0 Å². The Morgan fingerprint density at radius 2 is 1.44 bits per heavy atom. The van der Waals surface area contributed by atoms with Gasteiger partial charge in [-0.1, -0.05) is 51.9 Å². The van der Waals surface area contributed by atoms with Gasteiger partial charge >= 0.3 is 0 Å². The average Bonchev–Trinajstić information content (AvgIpc) is 2.31. The fourth-order valence-corrected chi connectivity index (χ4v) is 4.15. The van der Waals surface area contributed by atoms with Gasteiger partial charge in [0.2, 0.25) is 0 Å². The first-order chi connectivity index (χ1) is 8.52. The quantitative estimate of drug-likeness (QED) is 0.395. The highest BCUT2D eigenvalue weighted by atomic mass is 35.5. The number of sulfone groups is 1. The maximum atomic E-state index is 11.6. The summed E-state index contributed by atoms with van der Waals surface area (Å²) >= 11 is 11.3. The molecule has 0 aliphatic carbocycles. The Kier molecular flexibility index (Phi) is 11.7. The summed E-state index contributed by atoms with van der Waals surface area (Å²) in [5, 5.41) is -0.453. The van der Waals surface area contributed by atoms with Gasteiger partial charge in [0.15, 0.2) is 9.84 Å². The van der Waals surface area contributed by atoms with Crippen molar-refractivity contribution in [1.29, 1.82) is 0 Å². The molecule has 0 aromatic heterocycles. The van der Waals surface area contributed by atoms with Crippen molar-refractivity contribution in [3.05, 3.63) is 0 Å². The maximum absolute atomic E-state index is 11.6. The first-order valence-electron chi connectivity index (χ1n) is 6.92. The van der Waals surface area contributed by atoms with Crippen LogP contribution in [0.2, 0.25) is 0 Å². The fourth-order valence-electron chi connectivity index (χ4n) is 1.86. The minimum Gasteiger partial charge on any atom is -0.229 e. The molecule has 0 radical (unpaired) electrons. The molecule has 5 heteroatoms. The van der Waals surface area contributed by atoms with Crippen molar-refractivity contribution in [3.63, 3.8) is 0 Å². The predicted octanol–water partition coefficient (Wildman–Crippen LogP) is 4.39. The lowest BCUT2D eigenvalue weighted by Crippen LogP contribution is -2.20. The summed E-state index contributed by atoms with van der Waals surface area (Å²) in [5.41, 5.74) is 0. The summed E-state index contributed by atoms with van der Waals surface area (Å²) in [4.78, 5) is 0. The Morgan fingerprint density at radius 1 is 0.944 bits per heavy atom. The highest BCUT2D eigenvalue weighted by Gasteiger charge is 2.16. The number of rotatable bonds is 12. The Labute approximate surface area is 122 Å². The lowest BCUT2D eigenvalue weighted by molar-refractivity contribution is 0.572. The zero-order valence-electron chi connectivity index (χ0n) is 11.3. The number of hydrogen-bond donors (Lipinski definition) is 0. The van der Waals surface area contributed by atoms with E-state index in [1.165, 1.54) is 32.1 Å². The van der Waals surface area contributed by atoms with Gasteiger partial charge in [-0.3, -0.25) is 0 Å². The first kappa shape index (κ1) is 18.5. The molecule has 0 fully saturated rings. The molecule has 0 amide bonds. The number of unbranched alkanes of at least 4 members (excludes halogenated alkanes) is 7. The normalized spacial score (nSPS) is 13.7. The highest BCUT2D eigenvalue weighted by molar-refractivity contribution is 7.91. The van der Waals surface area contributed by atoms with Crippen LogP contribution >= 0.6 is 23.2 Å². The minimum absolute atomic E-state index is 0.00849. The van der Waals surface area contributed by atoms with Crippen LogP contribution in [-0.2, 0) is 9.84 Å². The molecular weight excluding hydrogens is 291 g/mol. The third-order valence-corrected chi connectivity index (χ3v) is 5.75. The monoisotopic (exact) mass is 316 g/mol. The number of halogens is 2. The molecule has 0 unspecified atom stereocenters. The van der Waals surface area contributed by atoms with Crippen molar-refractivity contribution >= 4 is 33.0 Å². The number of alkyl halides is 2. The summed E-state index contributed by atoms with van der Waals surface area (Å²) in [5.74, 6) is 0.453.